The maximum absolute atomic E-state index is 5.04. The van der Waals surface area contributed by atoms with Crippen molar-refractivity contribution in [3.8, 4) is 11.1 Å². The van der Waals surface area contributed by atoms with Crippen molar-refractivity contribution in [2.75, 3.05) is 0 Å². The van der Waals surface area contributed by atoms with Crippen LogP contribution in [0.15, 0.2) is 60.2 Å². The average molecular weight is 513 g/mol. The summed E-state index contributed by atoms with van der Waals surface area (Å²) in [6.07, 6.45) is 4.87. The maximum Gasteiger partial charge on any atom is 0.126 e. The number of aromatic nitrogens is 6. The molecule has 0 radical (unpaired) electrons. The molecule has 1 unspecified atom stereocenters. The van der Waals surface area contributed by atoms with Crippen molar-refractivity contribution in [3.63, 3.8) is 0 Å². The molecule has 0 bridgehead atoms. The van der Waals surface area contributed by atoms with E-state index in [1.807, 2.05) is 19.3 Å². The number of aryl methyl sites for hydroxylation is 1. The van der Waals surface area contributed by atoms with Crippen LogP contribution in [0, 0.1) is 6.92 Å². The molecule has 184 valence electrons. The predicted molar refractivity (Wildman–Crippen MR) is 158 cm³/mol. The number of rotatable bonds is 3. The second-order valence-corrected chi connectivity index (χ2v) is 11.1. The van der Waals surface area contributed by atoms with E-state index in [-0.39, 0.29) is 0 Å². The van der Waals surface area contributed by atoms with E-state index < -0.39 is 0 Å². The van der Waals surface area contributed by atoms with Gasteiger partial charge in [-0.2, -0.15) is 5.10 Å². The highest BCUT2D eigenvalue weighted by Crippen LogP contribution is 2.41. The molecule has 4 heterocycles. The number of fused-ring (bicyclic) bond motifs is 12. The molecule has 0 fully saturated rings. The quantitative estimate of drug-likeness (QED) is 0.233. The molecule has 8 aromatic rings. The van der Waals surface area contributed by atoms with Gasteiger partial charge in [0, 0.05) is 49.1 Å². The molecule has 0 amide bonds. The summed E-state index contributed by atoms with van der Waals surface area (Å²) in [7, 11) is 0. The van der Waals surface area contributed by atoms with Gasteiger partial charge < -0.3 is 4.98 Å². The van der Waals surface area contributed by atoms with Crippen molar-refractivity contribution in [2.45, 2.75) is 33.1 Å². The van der Waals surface area contributed by atoms with Gasteiger partial charge in [-0.25, -0.2) is 15.0 Å². The van der Waals surface area contributed by atoms with Crippen molar-refractivity contribution >= 4 is 75.8 Å². The zero-order chi connectivity index (χ0) is 25.5. The first-order valence-corrected chi connectivity index (χ1v) is 13.8. The van der Waals surface area contributed by atoms with E-state index in [0.717, 1.165) is 61.7 Å². The Bertz CT molecular complexity index is 2220. The van der Waals surface area contributed by atoms with Gasteiger partial charge in [-0.1, -0.05) is 38.1 Å². The van der Waals surface area contributed by atoms with Crippen LogP contribution in [0.4, 0.5) is 0 Å². The minimum atomic E-state index is 0.396. The van der Waals surface area contributed by atoms with Crippen LogP contribution < -0.4 is 0 Å². The Morgan fingerprint density at radius 2 is 1.55 bits per heavy atom. The second kappa shape index (κ2) is 7.82. The molecular formula is C31H24N6S. The number of hydrogen-bond acceptors (Lipinski definition) is 5. The monoisotopic (exact) mass is 512 g/mol. The summed E-state index contributed by atoms with van der Waals surface area (Å²) >= 11 is 1.79. The smallest absolute Gasteiger partial charge is 0.126 e. The molecule has 4 aromatic heterocycles. The highest BCUT2D eigenvalue weighted by atomic mass is 32.1. The first kappa shape index (κ1) is 21.7. The van der Waals surface area contributed by atoms with Crippen LogP contribution in [-0.2, 0) is 0 Å². The van der Waals surface area contributed by atoms with Crippen molar-refractivity contribution in [1.29, 1.82) is 0 Å². The highest BCUT2D eigenvalue weighted by Gasteiger charge is 2.18. The van der Waals surface area contributed by atoms with Crippen LogP contribution >= 0.6 is 11.3 Å². The largest absolute Gasteiger partial charge is 0.341 e. The van der Waals surface area contributed by atoms with Crippen molar-refractivity contribution in [2.24, 2.45) is 0 Å². The first-order valence-electron chi connectivity index (χ1n) is 13.0. The minimum Gasteiger partial charge on any atom is -0.341 e. The zero-order valence-electron chi connectivity index (χ0n) is 21.3. The van der Waals surface area contributed by atoms with Gasteiger partial charge in [0.2, 0.25) is 0 Å². The number of hydrogen-bond donors (Lipinski definition) is 2. The van der Waals surface area contributed by atoms with Gasteiger partial charge in [0.05, 0.1) is 22.7 Å². The molecule has 7 heteroatoms. The normalized spacial score (nSPS) is 13.1. The number of thiophene rings is 1. The number of nitrogens with one attached hydrogen (secondary N) is 2. The lowest BCUT2D eigenvalue weighted by atomic mass is 9.95. The lowest BCUT2D eigenvalue weighted by Gasteiger charge is -2.10. The van der Waals surface area contributed by atoms with Crippen LogP contribution in [0.25, 0.3) is 75.6 Å². The van der Waals surface area contributed by atoms with Crippen molar-refractivity contribution < 1.29 is 0 Å². The SMILES string of the molecule is CCC(C)c1nc2c3ccsc3c3cc(-c4ccc5c(c4)c4c[nH]ncc4c4nc(C)nc54)ccc3c2[nH]1. The Balaban J connectivity index is 1.40. The predicted octanol–water partition coefficient (Wildman–Crippen LogP) is 8.39. The maximum atomic E-state index is 5.04. The molecule has 6 nitrogen and oxygen atoms in total. The Morgan fingerprint density at radius 1 is 0.789 bits per heavy atom. The third-order valence-electron chi connectivity index (χ3n) is 7.95. The van der Waals surface area contributed by atoms with Crippen molar-refractivity contribution in [1.82, 2.24) is 30.1 Å². The van der Waals surface area contributed by atoms with Crippen LogP contribution in [0.2, 0.25) is 0 Å². The first-order chi connectivity index (χ1) is 18.6. The fraction of sp³-hybridized carbons (Fsp3) is 0.161. The number of aromatic amines is 2. The lowest BCUT2D eigenvalue weighted by Crippen LogP contribution is -1.93. The summed E-state index contributed by atoms with van der Waals surface area (Å²) in [5.41, 5.74) is 6.41. The summed E-state index contributed by atoms with van der Waals surface area (Å²) < 4.78 is 1.28. The van der Waals surface area contributed by atoms with Crippen LogP contribution in [0.3, 0.4) is 0 Å². The standard InChI is InChI=1S/C31H24N6S/c1-4-15(2)31-36-27-20-8-6-18(12-23(20)30-21(9-10-38-30)28(27)37-31)17-5-7-19-22(11-17)24-13-32-33-14-25(24)29-26(19)34-16(3)35-29/h5-15,32H,4H2,1-3H3,(H,36,37). The molecule has 4 aromatic carbocycles. The summed E-state index contributed by atoms with van der Waals surface area (Å²) in [5.74, 6) is 2.24. The van der Waals surface area contributed by atoms with E-state index in [1.54, 1.807) is 11.3 Å². The van der Waals surface area contributed by atoms with Crippen molar-refractivity contribution in [3.05, 3.63) is 71.9 Å². The van der Waals surface area contributed by atoms with E-state index in [2.05, 4.69) is 76.9 Å². The Hall–Kier alpha value is -4.36. The Morgan fingerprint density at radius 3 is 2.37 bits per heavy atom. The molecule has 8 rings (SSSR count). The van der Waals surface area contributed by atoms with Gasteiger partial charge in [0.15, 0.2) is 0 Å². The molecule has 0 aliphatic heterocycles. The molecular weight excluding hydrogens is 488 g/mol. The summed E-state index contributed by atoms with van der Waals surface area (Å²) in [4.78, 5) is 18.2. The number of imidazole rings is 2. The van der Waals surface area contributed by atoms with E-state index in [0.29, 0.717) is 5.92 Å². The third kappa shape index (κ3) is 2.93. The van der Waals surface area contributed by atoms with Gasteiger partial charge in [-0.15, -0.1) is 11.3 Å². The van der Waals surface area contributed by atoms with Crippen LogP contribution in [0.5, 0.6) is 0 Å². The summed E-state index contributed by atoms with van der Waals surface area (Å²) in [5, 5.41) is 17.5. The van der Waals surface area contributed by atoms with E-state index in [1.165, 1.54) is 32.0 Å². The summed E-state index contributed by atoms with van der Waals surface area (Å²) in [6.45, 7) is 6.38. The Kier molecular flexibility index (Phi) is 4.47. The van der Waals surface area contributed by atoms with Crippen LogP contribution in [-0.4, -0.2) is 30.1 Å². The number of nitrogens with zero attached hydrogens (tertiary/aromatic N) is 4. The Labute approximate surface area is 221 Å². The second-order valence-electron chi connectivity index (χ2n) is 10.2. The zero-order valence-corrected chi connectivity index (χ0v) is 22.1. The van der Waals surface area contributed by atoms with Gasteiger partial charge in [-0.05, 0) is 53.4 Å². The van der Waals surface area contributed by atoms with E-state index in [4.69, 9.17) is 15.0 Å². The third-order valence-corrected chi connectivity index (χ3v) is 8.89. The van der Waals surface area contributed by atoms with E-state index in [9.17, 15) is 0 Å². The molecule has 0 aliphatic rings. The van der Waals surface area contributed by atoms with E-state index >= 15 is 0 Å². The fourth-order valence-electron chi connectivity index (χ4n) is 5.79. The molecule has 0 aliphatic carbocycles. The lowest BCUT2D eigenvalue weighted by molar-refractivity contribution is 0.692. The topological polar surface area (TPSA) is 83.1 Å². The molecule has 0 spiro atoms. The molecule has 38 heavy (non-hydrogen) atoms. The number of benzene rings is 4. The van der Waals surface area contributed by atoms with Gasteiger partial charge >= 0.3 is 0 Å². The van der Waals surface area contributed by atoms with Crippen LogP contribution in [0.1, 0.15) is 37.8 Å². The molecule has 2 N–H and O–H groups in total. The minimum absolute atomic E-state index is 0.396. The molecule has 0 saturated carbocycles. The molecule has 1 atom stereocenters. The van der Waals surface area contributed by atoms with Gasteiger partial charge in [0.1, 0.15) is 17.2 Å². The van der Waals surface area contributed by atoms with Gasteiger partial charge in [0.25, 0.3) is 0 Å². The average Bonchev–Trinajstić information content (AvgIpc) is 3.70. The number of H-pyrrole nitrogens is 2. The molecule has 0 saturated heterocycles. The highest BCUT2D eigenvalue weighted by molar-refractivity contribution is 7.18. The summed E-state index contributed by atoms with van der Waals surface area (Å²) in [6, 6.07) is 15.7. The van der Waals surface area contributed by atoms with Gasteiger partial charge in [-0.3, -0.25) is 5.10 Å². The fourth-order valence-corrected chi connectivity index (χ4v) is 6.72.